The van der Waals surface area contributed by atoms with Crippen LogP contribution in [0.2, 0.25) is 0 Å². The predicted octanol–water partition coefficient (Wildman–Crippen LogP) is 3.68. The molecule has 0 bridgehead atoms. The van der Waals surface area contributed by atoms with Gasteiger partial charge >= 0.3 is 6.18 Å². The predicted molar refractivity (Wildman–Crippen MR) is 92.5 cm³/mol. The van der Waals surface area contributed by atoms with Crippen LogP contribution in [0, 0.1) is 6.92 Å². The maximum absolute atomic E-state index is 12.9. The van der Waals surface area contributed by atoms with Crippen LogP contribution >= 0.6 is 0 Å². The molecule has 0 unspecified atom stereocenters. The van der Waals surface area contributed by atoms with Crippen LogP contribution in [0.15, 0.2) is 48.5 Å². The van der Waals surface area contributed by atoms with Crippen molar-refractivity contribution < 1.29 is 22.8 Å². The zero-order chi connectivity index (χ0) is 19.3. The number of benzene rings is 2. The van der Waals surface area contributed by atoms with E-state index in [0.717, 1.165) is 28.2 Å². The first-order valence-electron chi connectivity index (χ1n) is 7.95. The van der Waals surface area contributed by atoms with Crippen molar-refractivity contribution in [1.82, 2.24) is 5.32 Å². The number of rotatable bonds is 5. The van der Waals surface area contributed by atoms with Gasteiger partial charge in [-0.25, -0.2) is 0 Å². The summed E-state index contributed by atoms with van der Waals surface area (Å²) in [6, 6.07) is 11.8. The van der Waals surface area contributed by atoms with E-state index in [1.54, 1.807) is 0 Å². The number of amides is 2. The number of carbonyl (C=O) groups is 2. The number of halogens is 3. The van der Waals surface area contributed by atoms with Crippen molar-refractivity contribution in [2.45, 2.75) is 26.6 Å². The second-order valence-corrected chi connectivity index (χ2v) is 5.86. The molecule has 0 aliphatic rings. The Bertz CT molecular complexity index is 803. The lowest BCUT2D eigenvalue weighted by Gasteiger charge is -2.22. The van der Waals surface area contributed by atoms with E-state index in [-0.39, 0.29) is 18.8 Å². The zero-order valence-corrected chi connectivity index (χ0v) is 14.4. The molecule has 0 radical (unpaired) electrons. The van der Waals surface area contributed by atoms with Crippen molar-refractivity contribution in [1.29, 1.82) is 0 Å². The molecule has 2 aromatic carbocycles. The van der Waals surface area contributed by atoms with Gasteiger partial charge in [0.05, 0.1) is 5.56 Å². The average molecular weight is 364 g/mol. The highest BCUT2D eigenvalue weighted by molar-refractivity contribution is 5.97. The van der Waals surface area contributed by atoms with Gasteiger partial charge in [-0.2, -0.15) is 13.2 Å². The summed E-state index contributed by atoms with van der Waals surface area (Å²) < 4.78 is 38.6. The van der Waals surface area contributed by atoms with Crippen LogP contribution in [0.4, 0.5) is 18.9 Å². The summed E-state index contributed by atoms with van der Waals surface area (Å²) in [6.07, 6.45) is -4.52. The Morgan fingerprint density at radius 1 is 1.08 bits per heavy atom. The molecule has 7 heteroatoms. The number of nitrogens with zero attached hydrogens (tertiary/aromatic N) is 1. The Labute approximate surface area is 149 Å². The fraction of sp³-hybridized carbons (Fsp3) is 0.263. The van der Waals surface area contributed by atoms with Crippen LogP contribution in [0.25, 0.3) is 0 Å². The van der Waals surface area contributed by atoms with E-state index < -0.39 is 23.6 Å². The monoisotopic (exact) mass is 364 g/mol. The lowest BCUT2D eigenvalue weighted by Crippen LogP contribution is -2.39. The molecule has 1 N–H and O–H groups in total. The summed E-state index contributed by atoms with van der Waals surface area (Å²) in [5.41, 5.74) is 1.09. The lowest BCUT2D eigenvalue weighted by molar-refractivity contribution is -0.137. The van der Waals surface area contributed by atoms with E-state index in [1.165, 1.54) is 19.1 Å². The van der Waals surface area contributed by atoms with Crippen LogP contribution in [0.5, 0.6) is 0 Å². The van der Waals surface area contributed by atoms with Crippen LogP contribution < -0.4 is 10.2 Å². The van der Waals surface area contributed by atoms with Gasteiger partial charge in [0.25, 0.3) is 0 Å². The molecule has 26 heavy (non-hydrogen) atoms. The van der Waals surface area contributed by atoms with Gasteiger partial charge in [-0.05, 0) is 36.2 Å². The highest BCUT2D eigenvalue weighted by Gasteiger charge is 2.31. The van der Waals surface area contributed by atoms with E-state index in [2.05, 4.69) is 5.32 Å². The first kappa shape index (κ1) is 19.5. The topological polar surface area (TPSA) is 49.4 Å². The van der Waals surface area contributed by atoms with Gasteiger partial charge in [-0.1, -0.05) is 30.3 Å². The fourth-order valence-electron chi connectivity index (χ4n) is 2.44. The standard InChI is InChI=1S/C19H19F3N2O2/c1-13-6-3-4-7-15(13)11-23-18(26)12-24(14(2)25)17-9-5-8-16(10-17)19(20,21)22/h3-10H,11-12H2,1-2H3,(H,23,26). The summed E-state index contributed by atoms with van der Waals surface area (Å²) in [5, 5.41) is 2.68. The molecule has 0 aliphatic carbocycles. The molecule has 0 aromatic heterocycles. The molecular weight excluding hydrogens is 345 g/mol. The number of carbonyl (C=O) groups excluding carboxylic acids is 2. The molecule has 0 spiro atoms. The number of hydrogen-bond acceptors (Lipinski definition) is 2. The maximum Gasteiger partial charge on any atom is 0.416 e. The number of alkyl halides is 3. The maximum atomic E-state index is 12.9. The molecule has 2 rings (SSSR count). The van der Waals surface area contributed by atoms with Gasteiger partial charge in [-0.3, -0.25) is 9.59 Å². The third kappa shape index (κ3) is 5.08. The molecule has 0 fully saturated rings. The van der Waals surface area contributed by atoms with Gasteiger partial charge in [0, 0.05) is 19.2 Å². The highest BCUT2D eigenvalue weighted by atomic mass is 19.4. The van der Waals surface area contributed by atoms with Gasteiger partial charge < -0.3 is 10.2 Å². The second-order valence-electron chi connectivity index (χ2n) is 5.86. The van der Waals surface area contributed by atoms with Crippen molar-refractivity contribution in [2.24, 2.45) is 0 Å². The fourth-order valence-corrected chi connectivity index (χ4v) is 2.44. The average Bonchev–Trinajstić information content (AvgIpc) is 2.58. The number of nitrogens with one attached hydrogen (secondary N) is 1. The van der Waals surface area contributed by atoms with E-state index in [4.69, 9.17) is 0 Å². The molecule has 0 heterocycles. The molecule has 4 nitrogen and oxygen atoms in total. The quantitative estimate of drug-likeness (QED) is 0.880. The van der Waals surface area contributed by atoms with E-state index >= 15 is 0 Å². The molecule has 2 amide bonds. The molecule has 0 saturated heterocycles. The first-order chi connectivity index (χ1) is 12.2. The summed E-state index contributed by atoms with van der Waals surface area (Å²) >= 11 is 0. The minimum absolute atomic E-state index is 0.0263. The minimum Gasteiger partial charge on any atom is -0.350 e. The van der Waals surface area contributed by atoms with Gasteiger partial charge in [-0.15, -0.1) is 0 Å². The van der Waals surface area contributed by atoms with Crippen molar-refractivity contribution in [3.8, 4) is 0 Å². The third-order valence-corrected chi connectivity index (χ3v) is 3.90. The summed E-state index contributed by atoms with van der Waals surface area (Å²) in [5.74, 6) is -0.976. The van der Waals surface area contributed by atoms with Crippen molar-refractivity contribution in [2.75, 3.05) is 11.4 Å². The highest BCUT2D eigenvalue weighted by Crippen LogP contribution is 2.31. The second kappa shape index (κ2) is 8.03. The molecule has 138 valence electrons. The lowest BCUT2D eigenvalue weighted by atomic mass is 10.1. The Morgan fingerprint density at radius 2 is 1.77 bits per heavy atom. The first-order valence-corrected chi connectivity index (χ1v) is 7.95. The Hall–Kier alpha value is -2.83. The summed E-state index contributed by atoms with van der Waals surface area (Å²) in [4.78, 5) is 25.0. The Balaban J connectivity index is 2.10. The van der Waals surface area contributed by atoms with Gasteiger partial charge in [0.1, 0.15) is 6.54 Å². The Kier molecular flexibility index (Phi) is 6.02. The van der Waals surface area contributed by atoms with Crippen molar-refractivity contribution in [3.63, 3.8) is 0 Å². The zero-order valence-electron chi connectivity index (χ0n) is 14.4. The van der Waals surface area contributed by atoms with Gasteiger partial charge in [0.2, 0.25) is 11.8 Å². The van der Waals surface area contributed by atoms with Crippen LogP contribution in [-0.2, 0) is 22.3 Å². The molecule has 2 aromatic rings. The van der Waals surface area contributed by atoms with E-state index in [9.17, 15) is 22.8 Å². The number of hydrogen-bond donors (Lipinski definition) is 1. The summed E-state index contributed by atoms with van der Waals surface area (Å²) in [7, 11) is 0. The largest absolute Gasteiger partial charge is 0.416 e. The van der Waals surface area contributed by atoms with Crippen LogP contribution in [0.1, 0.15) is 23.6 Å². The minimum atomic E-state index is -4.52. The SMILES string of the molecule is CC(=O)N(CC(=O)NCc1ccccc1C)c1cccc(C(F)(F)F)c1. The molecule has 0 atom stereocenters. The molecule has 0 aliphatic heterocycles. The van der Waals surface area contributed by atoms with Crippen LogP contribution in [-0.4, -0.2) is 18.4 Å². The van der Waals surface area contributed by atoms with Crippen molar-refractivity contribution >= 4 is 17.5 Å². The van der Waals surface area contributed by atoms with E-state index in [0.29, 0.717) is 0 Å². The third-order valence-electron chi connectivity index (χ3n) is 3.90. The normalized spacial score (nSPS) is 11.1. The van der Waals surface area contributed by atoms with Crippen LogP contribution in [0.3, 0.4) is 0 Å². The van der Waals surface area contributed by atoms with E-state index in [1.807, 2.05) is 31.2 Å². The summed E-state index contributed by atoms with van der Waals surface area (Å²) in [6.45, 7) is 3.03. The molecule has 0 saturated carbocycles. The van der Waals surface area contributed by atoms with Crippen molar-refractivity contribution in [3.05, 3.63) is 65.2 Å². The Morgan fingerprint density at radius 3 is 2.38 bits per heavy atom. The molecular formula is C19H19F3N2O2. The smallest absolute Gasteiger partial charge is 0.350 e. The van der Waals surface area contributed by atoms with Gasteiger partial charge in [0.15, 0.2) is 0 Å². The number of aryl methyl sites for hydroxylation is 1. The number of anilines is 1.